The summed E-state index contributed by atoms with van der Waals surface area (Å²) in [6, 6.07) is 25.0. The maximum atomic E-state index is 13.4. The number of amides is 1. The number of nitrogens with zero attached hydrogens (tertiary/aromatic N) is 3. The number of rotatable bonds is 8. The zero-order valence-corrected chi connectivity index (χ0v) is 23.1. The number of nitrogens with one attached hydrogen (secondary N) is 1. The molecule has 0 aliphatic heterocycles. The van der Waals surface area contributed by atoms with Gasteiger partial charge in [0.05, 0.1) is 16.8 Å². The first kappa shape index (κ1) is 26.4. The predicted octanol–water partition coefficient (Wildman–Crippen LogP) is 5.51. The van der Waals surface area contributed by atoms with Gasteiger partial charge < -0.3 is 4.57 Å². The van der Waals surface area contributed by atoms with Gasteiger partial charge in [-0.2, -0.15) is 5.10 Å². The Balaban J connectivity index is 1.53. The lowest BCUT2D eigenvalue weighted by Gasteiger charge is -2.23. The van der Waals surface area contributed by atoms with Crippen LogP contribution >= 0.6 is 15.9 Å². The van der Waals surface area contributed by atoms with Crippen molar-refractivity contribution < 1.29 is 13.2 Å². The summed E-state index contributed by atoms with van der Waals surface area (Å²) in [6.07, 6.45) is 1.57. The van der Waals surface area contributed by atoms with Crippen molar-refractivity contribution in [3.05, 3.63) is 112 Å². The zero-order chi connectivity index (χ0) is 26.6. The first-order valence-electron chi connectivity index (χ1n) is 11.6. The standard InChI is InChI=1S/C28H27BrN4O3S/c1-20-9-13-25(14-10-20)32(37(35,36)27-7-5-4-6-8-27)19-28(34)31-30-18-23-17-21(2)33(22(23)3)26-15-11-24(29)12-16-26/h4-18H,19H2,1-3H3,(H,31,34)/b30-18-. The van der Waals surface area contributed by atoms with Crippen LogP contribution in [0.15, 0.2) is 99.4 Å². The molecule has 1 aromatic heterocycles. The number of carbonyl (C=O) groups is 1. The zero-order valence-electron chi connectivity index (χ0n) is 20.7. The lowest BCUT2D eigenvalue weighted by molar-refractivity contribution is -0.119. The van der Waals surface area contributed by atoms with Crippen molar-refractivity contribution in [2.24, 2.45) is 5.10 Å². The third kappa shape index (κ3) is 6.00. The maximum Gasteiger partial charge on any atom is 0.264 e. The van der Waals surface area contributed by atoms with Gasteiger partial charge in [0.1, 0.15) is 6.54 Å². The molecule has 1 heterocycles. The molecule has 3 aromatic carbocycles. The van der Waals surface area contributed by atoms with E-state index in [9.17, 15) is 13.2 Å². The number of carbonyl (C=O) groups excluding carboxylic acids is 1. The van der Waals surface area contributed by atoms with Gasteiger partial charge in [-0.3, -0.25) is 9.10 Å². The molecule has 0 aliphatic carbocycles. The van der Waals surface area contributed by atoms with Gasteiger partial charge in [-0.1, -0.05) is 51.8 Å². The number of hydrogen-bond acceptors (Lipinski definition) is 4. The Labute approximate surface area is 225 Å². The van der Waals surface area contributed by atoms with E-state index in [1.807, 2.05) is 51.1 Å². The number of hydrazone groups is 1. The van der Waals surface area contributed by atoms with E-state index in [4.69, 9.17) is 0 Å². The number of benzene rings is 3. The largest absolute Gasteiger partial charge is 0.318 e. The fourth-order valence-corrected chi connectivity index (χ4v) is 5.70. The number of aryl methyl sites for hydroxylation is 2. The van der Waals surface area contributed by atoms with E-state index >= 15 is 0 Å². The Bertz CT molecular complexity index is 1530. The number of aromatic nitrogens is 1. The van der Waals surface area contributed by atoms with Crippen LogP contribution in [0.25, 0.3) is 5.69 Å². The molecule has 0 fully saturated rings. The molecule has 0 aliphatic rings. The van der Waals surface area contributed by atoms with Gasteiger partial charge >= 0.3 is 0 Å². The summed E-state index contributed by atoms with van der Waals surface area (Å²) in [7, 11) is -3.97. The summed E-state index contributed by atoms with van der Waals surface area (Å²) in [5.74, 6) is -0.557. The van der Waals surface area contributed by atoms with Gasteiger partial charge in [0, 0.05) is 27.1 Å². The predicted molar refractivity (Wildman–Crippen MR) is 151 cm³/mol. The summed E-state index contributed by atoms with van der Waals surface area (Å²) in [4.78, 5) is 12.9. The van der Waals surface area contributed by atoms with E-state index in [0.29, 0.717) is 5.69 Å². The van der Waals surface area contributed by atoms with Crippen LogP contribution in [-0.4, -0.2) is 31.7 Å². The molecular formula is C28H27BrN4O3S. The van der Waals surface area contributed by atoms with Crippen LogP contribution in [-0.2, 0) is 14.8 Å². The summed E-state index contributed by atoms with van der Waals surface area (Å²) in [6.45, 7) is 5.47. The van der Waals surface area contributed by atoms with Crippen molar-refractivity contribution in [3.8, 4) is 5.69 Å². The fraction of sp³-hybridized carbons (Fsp3) is 0.143. The van der Waals surface area contributed by atoms with Crippen molar-refractivity contribution in [1.82, 2.24) is 9.99 Å². The van der Waals surface area contributed by atoms with Crippen LogP contribution in [0, 0.1) is 20.8 Å². The molecule has 0 unspecified atom stereocenters. The monoisotopic (exact) mass is 578 g/mol. The van der Waals surface area contributed by atoms with Crippen molar-refractivity contribution in [2.75, 3.05) is 10.8 Å². The second kappa shape index (κ2) is 11.1. The molecule has 7 nitrogen and oxygen atoms in total. The summed E-state index contributed by atoms with van der Waals surface area (Å²) >= 11 is 3.46. The molecule has 190 valence electrons. The molecule has 9 heteroatoms. The van der Waals surface area contributed by atoms with Gasteiger partial charge in [-0.05, 0) is 75.4 Å². The molecule has 1 N–H and O–H groups in total. The van der Waals surface area contributed by atoms with Crippen LogP contribution in [0.5, 0.6) is 0 Å². The molecule has 0 atom stereocenters. The van der Waals surface area contributed by atoms with Gasteiger partial charge in [-0.15, -0.1) is 0 Å². The molecule has 0 saturated carbocycles. The summed E-state index contributed by atoms with van der Waals surface area (Å²) in [5.41, 5.74) is 7.70. The summed E-state index contributed by atoms with van der Waals surface area (Å²) in [5, 5.41) is 4.11. The van der Waals surface area contributed by atoms with Crippen LogP contribution in [0.2, 0.25) is 0 Å². The second-order valence-electron chi connectivity index (χ2n) is 8.59. The Hall–Kier alpha value is -3.69. The first-order chi connectivity index (χ1) is 17.7. The van der Waals surface area contributed by atoms with Gasteiger partial charge in [-0.25, -0.2) is 13.8 Å². The molecule has 0 bridgehead atoms. The van der Waals surface area contributed by atoms with E-state index in [0.717, 1.165) is 37.0 Å². The highest BCUT2D eigenvalue weighted by molar-refractivity contribution is 9.10. The van der Waals surface area contributed by atoms with Gasteiger partial charge in [0.2, 0.25) is 0 Å². The highest BCUT2D eigenvalue weighted by atomic mass is 79.9. The van der Waals surface area contributed by atoms with E-state index in [2.05, 4.69) is 31.0 Å². The molecule has 0 radical (unpaired) electrons. The highest BCUT2D eigenvalue weighted by Gasteiger charge is 2.27. The molecule has 0 spiro atoms. The van der Waals surface area contributed by atoms with Crippen LogP contribution < -0.4 is 9.73 Å². The maximum absolute atomic E-state index is 13.4. The smallest absolute Gasteiger partial charge is 0.264 e. The second-order valence-corrected chi connectivity index (χ2v) is 11.4. The third-order valence-electron chi connectivity index (χ3n) is 5.89. The van der Waals surface area contributed by atoms with E-state index < -0.39 is 22.5 Å². The summed E-state index contributed by atoms with van der Waals surface area (Å²) < 4.78 is 31.0. The van der Waals surface area contributed by atoms with Crippen LogP contribution in [0.3, 0.4) is 0 Å². The minimum absolute atomic E-state index is 0.104. The molecule has 0 saturated heterocycles. The Morgan fingerprint density at radius 3 is 2.27 bits per heavy atom. The number of anilines is 1. The molecule has 4 rings (SSSR count). The number of sulfonamides is 1. The first-order valence-corrected chi connectivity index (χ1v) is 13.8. The van der Waals surface area contributed by atoms with E-state index in [-0.39, 0.29) is 4.90 Å². The van der Waals surface area contributed by atoms with Crippen LogP contribution in [0.4, 0.5) is 5.69 Å². The van der Waals surface area contributed by atoms with Crippen molar-refractivity contribution in [2.45, 2.75) is 25.7 Å². The lowest BCUT2D eigenvalue weighted by atomic mass is 10.2. The lowest BCUT2D eigenvalue weighted by Crippen LogP contribution is -2.39. The SMILES string of the molecule is Cc1ccc(N(CC(=O)N/N=C\c2cc(C)n(-c3ccc(Br)cc3)c2C)S(=O)(=O)c2ccccc2)cc1. The molecular weight excluding hydrogens is 552 g/mol. The quantitative estimate of drug-likeness (QED) is 0.221. The minimum Gasteiger partial charge on any atom is -0.318 e. The average molecular weight is 580 g/mol. The molecule has 37 heavy (non-hydrogen) atoms. The Kier molecular flexibility index (Phi) is 7.94. The van der Waals surface area contributed by atoms with E-state index in [1.165, 1.54) is 12.1 Å². The van der Waals surface area contributed by atoms with Gasteiger partial charge in [0.15, 0.2) is 0 Å². The molecule has 1 amide bonds. The van der Waals surface area contributed by atoms with E-state index in [1.54, 1.807) is 48.7 Å². The van der Waals surface area contributed by atoms with Crippen LogP contribution in [0.1, 0.15) is 22.5 Å². The molecule has 4 aromatic rings. The average Bonchev–Trinajstić information content (AvgIpc) is 3.17. The van der Waals surface area contributed by atoms with Crippen molar-refractivity contribution in [1.29, 1.82) is 0 Å². The minimum atomic E-state index is -3.97. The Morgan fingerprint density at radius 2 is 1.62 bits per heavy atom. The topological polar surface area (TPSA) is 83.8 Å². The third-order valence-corrected chi connectivity index (χ3v) is 8.21. The fourth-order valence-electron chi connectivity index (χ4n) is 3.99. The number of halogens is 1. The van der Waals surface area contributed by atoms with Crippen molar-refractivity contribution >= 4 is 43.8 Å². The van der Waals surface area contributed by atoms with Crippen molar-refractivity contribution in [3.63, 3.8) is 0 Å². The van der Waals surface area contributed by atoms with Gasteiger partial charge in [0.25, 0.3) is 15.9 Å². The number of hydrogen-bond donors (Lipinski definition) is 1. The Morgan fingerprint density at radius 1 is 0.973 bits per heavy atom. The normalized spacial score (nSPS) is 11.6. The highest BCUT2D eigenvalue weighted by Crippen LogP contribution is 2.24.